The van der Waals surface area contributed by atoms with E-state index in [4.69, 9.17) is 0 Å². The van der Waals surface area contributed by atoms with Crippen LogP contribution < -0.4 is 5.32 Å². The summed E-state index contributed by atoms with van der Waals surface area (Å²) >= 11 is 0. The lowest BCUT2D eigenvalue weighted by Crippen LogP contribution is -2.23. The van der Waals surface area contributed by atoms with Crippen molar-refractivity contribution in [3.63, 3.8) is 0 Å². The molecule has 0 atom stereocenters. The Morgan fingerprint density at radius 1 is 0.842 bits per heavy atom. The highest BCUT2D eigenvalue weighted by Crippen LogP contribution is 2.18. The summed E-state index contributed by atoms with van der Waals surface area (Å²) in [7, 11) is 0. The third-order valence-electron chi connectivity index (χ3n) is 3.53. The van der Waals surface area contributed by atoms with Gasteiger partial charge in [-0.15, -0.1) is 0 Å². The fourth-order valence-corrected chi connectivity index (χ4v) is 2.33. The van der Waals surface area contributed by atoms with Gasteiger partial charge in [-0.25, -0.2) is 0 Å². The van der Waals surface area contributed by atoms with Crippen molar-refractivity contribution in [2.24, 2.45) is 0 Å². The number of hydrogen-bond acceptors (Lipinski definition) is 3. The predicted octanol–water partition coefficient (Wildman–Crippen LogP) is 3.38. The van der Waals surface area contributed by atoms with Crippen LogP contribution in [0.15, 0.2) is 11.3 Å². The molecule has 0 spiro atoms. The van der Waals surface area contributed by atoms with Crippen molar-refractivity contribution in [1.29, 1.82) is 0 Å². The third-order valence-corrected chi connectivity index (χ3v) is 3.53. The predicted molar refractivity (Wildman–Crippen MR) is 74.6 cm³/mol. The van der Waals surface area contributed by atoms with Gasteiger partial charge in [0, 0.05) is 0 Å². The van der Waals surface area contributed by atoms with Crippen LogP contribution in [-0.2, 0) is 9.59 Å². The van der Waals surface area contributed by atoms with Gasteiger partial charge in [-0.3, -0.25) is 14.9 Å². The second-order valence-corrected chi connectivity index (χ2v) is 5.19. The van der Waals surface area contributed by atoms with E-state index in [9.17, 15) is 14.7 Å². The minimum absolute atomic E-state index is 0.257. The van der Waals surface area contributed by atoms with Gasteiger partial charge in [0.15, 0.2) is 5.76 Å². The van der Waals surface area contributed by atoms with Crippen molar-refractivity contribution < 1.29 is 14.7 Å². The summed E-state index contributed by atoms with van der Waals surface area (Å²) in [6.07, 6.45) is 11.3. The minimum Gasteiger partial charge on any atom is -0.503 e. The topological polar surface area (TPSA) is 66.4 Å². The summed E-state index contributed by atoms with van der Waals surface area (Å²) < 4.78 is 0. The lowest BCUT2D eigenvalue weighted by atomic mass is 10.0. The van der Waals surface area contributed by atoms with Gasteiger partial charge in [0.05, 0.1) is 5.57 Å². The van der Waals surface area contributed by atoms with E-state index in [1.807, 2.05) is 0 Å². The Bertz CT molecular complexity index is 347. The van der Waals surface area contributed by atoms with Crippen LogP contribution in [-0.4, -0.2) is 16.9 Å². The van der Waals surface area contributed by atoms with Crippen molar-refractivity contribution in [1.82, 2.24) is 5.32 Å². The maximum atomic E-state index is 11.3. The van der Waals surface area contributed by atoms with E-state index in [1.165, 1.54) is 38.5 Å². The van der Waals surface area contributed by atoms with E-state index >= 15 is 0 Å². The quantitative estimate of drug-likeness (QED) is 0.471. The van der Waals surface area contributed by atoms with Gasteiger partial charge in [-0.05, 0) is 12.8 Å². The van der Waals surface area contributed by atoms with Gasteiger partial charge >= 0.3 is 0 Å². The Kier molecular flexibility index (Phi) is 7.23. The highest BCUT2D eigenvalue weighted by atomic mass is 16.3. The van der Waals surface area contributed by atoms with Crippen molar-refractivity contribution >= 4 is 11.8 Å². The second kappa shape index (κ2) is 8.73. The standard InChI is InChI=1S/C15H25NO3/c1-2-3-4-5-6-7-8-9-10-11-12-13(17)15(19)16-14(12)18/h2-11H2,1H3,(H2,16,17,18,19). The Labute approximate surface area is 115 Å². The fourth-order valence-electron chi connectivity index (χ4n) is 2.33. The fraction of sp³-hybridized carbons (Fsp3) is 0.733. The van der Waals surface area contributed by atoms with Crippen LogP contribution in [0.4, 0.5) is 0 Å². The van der Waals surface area contributed by atoms with Gasteiger partial charge in [0.1, 0.15) is 0 Å². The number of carbonyl (C=O) groups excluding carboxylic acids is 2. The van der Waals surface area contributed by atoms with E-state index < -0.39 is 11.8 Å². The molecule has 0 aromatic carbocycles. The Morgan fingerprint density at radius 3 is 1.84 bits per heavy atom. The van der Waals surface area contributed by atoms with Crippen LogP contribution in [0.25, 0.3) is 0 Å². The zero-order chi connectivity index (χ0) is 14.1. The number of rotatable bonds is 10. The molecule has 108 valence electrons. The van der Waals surface area contributed by atoms with Crippen LogP contribution in [0.2, 0.25) is 0 Å². The molecule has 0 aromatic rings. The highest BCUT2D eigenvalue weighted by molar-refractivity contribution is 6.18. The summed E-state index contributed by atoms with van der Waals surface area (Å²) in [6, 6.07) is 0. The number of imide groups is 1. The molecule has 0 saturated carbocycles. The number of unbranched alkanes of at least 4 members (excludes halogenated alkanes) is 8. The Hall–Kier alpha value is -1.32. The molecule has 19 heavy (non-hydrogen) atoms. The van der Waals surface area contributed by atoms with E-state index in [0.717, 1.165) is 19.3 Å². The van der Waals surface area contributed by atoms with E-state index in [1.54, 1.807) is 0 Å². The first-order chi connectivity index (χ1) is 9.16. The molecule has 0 saturated heterocycles. The summed E-state index contributed by atoms with van der Waals surface area (Å²) in [5, 5.41) is 11.5. The van der Waals surface area contributed by atoms with Crippen LogP contribution >= 0.6 is 0 Å². The third kappa shape index (κ3) is 5.45. The van der Waals surface area contributed by atoms with E-state index in [-0.39, 0.29) is 11.3 Å². The second-order valence-electron chi connectivity index (χ2n) is 5.19. The van der Waals surface area contributed by atoms with E-state index in [0.29, 0.717) is 6.42 Å². The van der Waals surface area contributed by atoms with Gasteiger partial charge < -0.3 is 5.11 Å². The summed E-state index contributed by atoms with van der Waals surface area (Å²) in [4.78, 5) is 22.3. The largest absolute Gasteiger partial charge is 0.503 e. The van der Waals surface area contributed by atoms with Gasteiger partial charge in [-0.1, -0.05) is 58.3 Å². The molecule has 1 rings (SSSR count). The molecule has 2 N–H and O–H groups in total. The van der Waals surface area contributed by atoms with E-state index in [2.05, 4.69) is 12.2 Å². The monoisotopic (exact) mass is 267 g/mol. The number of hydrogen-bond donors (Lipinski definition) is 2. The van der Waals surface area contributed by atoms with Gasteiger partial charge in [-0.2, -0.15) is 0 Å². The maximum absolute atomic E-state index is 11.3. The first-order valence-corrected chi connectivity index (χ1v) is 7.44. The molecule has 4 nitrogen and oxygen atoms in total. The minimum atomic E-state index is -0.657. The molecule has 2 amide bonds. The molecule has 0 aromatic heterocycles. The average Bonchev–Trinajstić information content (AvgIpc) is 2.63. The van der Waals surface area contributed by atoms with Crippen LogP contribution in [0.1, 0.15) is 71.1 Å². The zero-order valence-electron chi connectivity index (χ0n) is 11.8. The lowest BCUT2D eigenvalue weighted by molar-refractivity contribution is -0.125. The molecule has 0 radical (unpaired) electrons. The molecule has 4 heteroatoms. The molecule has 0 bridgehead atoms. The summed E-state index contributed by atoms with van der Waals surface area (Å²) in [6.45, 7) is 2.22. The van der Waals surface area contributed by atoms with Gasteiger partial charge in [0.25, 0.3) is 11.8 Å². The van der Waals surface area contributed by atoms with Crippen molar-refractivity contribution in [3.8, 4) is 0 Å². The number of nitrogens with one attached hydrogen (secondary N) is 1. The molecule has 1 heterocycles. The molecule has 1 aliphatic rings. The van der Waals surface area contributed by atoms with Crippen molar-refractivity contribution in [2.45, 2.75) is 71.1 Å². The molecular weight excluding hydrogens is 242 g/mol. The number of aliphatic hydroxyl groups is 1. The highest BCUT2D eigenvalue weighted by Gasteiger charge is 2.28. The Morgan fingerprint density at radius 2 is 1.37 bits per heavy atom. The van der Waals surface area contributed by atoms with Crippen molar-refractivity contribution in [3.05, 3.63) is 11.3 Å². The molecular formula is C15H25NO3. The molecule has 0 aliphatic carbocycles. The van der Waals surface area contributed by atoms with Crippen LogP contribution in [0.5, 0.6) is 0 Å². The number of carbonyl (C=O) groups is 2. The maximum Gasteiger partial charge on any atom is 0.293 e. The Balaban J connectivity index is 2.02. The van der Waals surface area contributed by atoms with Crippen molar-refractivity contribution in [2.75, 3.05) is 0 Å². The first kappa shape index (κ1) is 15.7. The number of amides is 2. The van der Waals surface area contributed by atoms with Gasteiger partial charge in [0.2, 0.25) is 0 Å². The lowest BCUT2D eigenvalue weighted by Gasteiger charge is -2.02. The molecule has 0 unspecified atom stereocenters. The normalized spacial score (nSPS) is 15.2. The summed E-state index contributed by atoms with van der Waals surface area (Å²) in [5.74, 6) is -1.47. The molecule has 0 fully saturated rings. The summed E-state index contributed by atoms with van der Waals surface area (Å²) in [5.41, 5.74) is 0.257. The number of aliphatic hydroxyl groups excluding tert-OH is 1. The first-order valence-electron chi connectivity index (χ1n) is 7.44. The molecule has 1 aliphatic heterocycles. The smallest absolute Gasteiger partial charge is 0.293 e. The zero-order valence-corrected chi connectivity index (χ0v) is 11.8. The average molecular weight is 267 g/mol. The SMILES string of the molecule is CCCCCCCCCCCC1=C(O)C(=O)NC1=O. The van der Waals surface area contributed by atoms with Crippen LogP contribution in [0, 0.1) is 0 Å². The van der Waals surface area contributed by atoms with Crippen LogP contribution in [0.3, 0.4) is 0 Å².